The Morgan fingerprint density at radius 2 is 0.947 bits per heavy atom. The maximum absolute atomic E-state index is 12.2. The lowest BCUT2D eigenvalue weighted by Crippen LogP contribution is -2.30. The van der Waals surface area contributed by atoms with Crippen LogP contribution < -0.4 is 46.1 Å². The van der Waals surface area contributed by atoms with Gasteiger partial charge in [-0.2, -0.15) is 0 Å². The van der Waals surface area contributed by atoms with Gasteiger partial charge in [-0.25, -0.2) is 0 Å². The molecule has 0 radical (unpaired) electrons. The van der Waals surface area contributed by atoms with E-state index in [0.29, 0.717) is 51.1 Å². The van der Waals surface area contributed by atoms with E-state index in [2.05, 4.69) is 46.9 Å². The zero-order chi connectivity index (χ0) is 54.3. The zero-order valence-corrected chi connectivity index (χ0v) is 44.7. The molecule has 0 spiro atoms. The van der Waals surface area contributed by atoms with Gasteiger partial charge < -0.3 is 61.1 Å². The fraction of sp³-hybridized carbons (Fsp3) is 0.345. The first kappa shape index (κ1) is 56.6. The summed E-state index contributed by atoms with van der Waals surface area (Å²) < 4.78 is 18.1. The number of amides is 6. The normalized spacial score (nSPS) is 13.7. The van der Waals surface area contributed by atoms with Gasteiger partial charge in [0.25, 0.3) is 35.4 Å². The molecule has 20 heteroatoms. The molecule has 3 heterocycles. The number of hydrogen-bond donors (Lipinski definition) is 9. The summed E-state index contributed by atoms with van der Waals surface area (Å²) in [5.74, 6) is -0.317. The first-order chi connectivity index (χ1) is 35.9. The van der Waals surface area contributed by atoms with Gasteiger partial charge in [0.2, 0.25) is 0 Å². The number of hydrogen-bond acceptors (Lipinski definition) is 9. The van der Waals surface area contributed by atoms with Gasteiger partial charge in [-0.1, -0.05) is 77.8 Å². The van der Waals surface area contributed by atoms with Crippen molar-refractivity contribution in [2.75, 3.05) is 27.7 Å². The van der Waals surface area contributed by atoms with E-state index in [1.165, 1.54) is 20.2 Å². The average molecular weight is 1070 g/mol. The maximum Gasteiger partial charge on any atom is 0.271 e. The number of carbonyl (C=O) groups is 6. The molecular weight excluding hydrogens is 1000 g/mol. The van der Waals surface area contributed by atoms with Crippen LogP contribution in [0.25, 0.3) is 0 Å². The van der Waals surface area contributed by atoms with Crippen molar-refractivity contribution in [1.82, 2.24) is 46.9 Å². The highest BCUT2D eigenvalue weighted by molar-refractivity contribution is 6.30. The molecule has 8 rings (SSSR count). The molecule has 3 aromatic heterocycles. The monoisotopic (exact) mass is 1070 g/mol. The summed E-state index contributed by atoms with van der Waals surface area (Å²) in [5.41, 5.74) is 4.49. The van der Waals surface area contributed by atoms with Crippen LogP contribution in [0.5, 0.6) is 17.2 Å². The van der Waals surface area contributed by atoms with Crippen LogP contribution in [-0.2, 0) is 0 Å². The molecule has 3 atom stereocenters. The third-order valence-corrected chi connectivity index (χ3v) is 12.3. The molecule has 75 heavy (non-hydrogen) atoms. The van der Waals surface area contributed by atoms with Crippen LogP contribution in [0.2, 0.25) is 10.0 Å². The zero-order valence-electron chi connectivity index (χ0n) is 43.2. The molecule has 6 aromatic rings. The summed E-state index contributed by atoms with van der Waals surface area (Å²) in [4.78, 5) is 81.4. The molecule has 2 aliphatic carbocycles. The van der Waals surface area contributed by atoms with Crippen molar-refractivity contribution >= 4 is 58.6 Å². The minimum atomic E-state index is -0.359. The Kier molecular flexibility index (Phi) is 20.0. The third-order valence-electron chi connectivity index (χ3n) is 11.8. The second-order valence-corrected chi connectivity index (χ2v) is 19.0. The average Bonchev–Trinajstić information content (AvgIpc) is 4.29. The van der Waals surface area contributed by atoms with Crippen molar-refractivity contribution in [1.29, 1.82) is 0 Å². The van der Waals surface area contributed by atoms with Crippen LogP contribution in [-0.4, -0.2) is 90.2 Å². The van der Waals surface area contributed by atoms with E-state index in [1.807, 2.05) is 89.2 Å². The number of aromatic amines is 3. The predicted octanol–water partition coefficient (Wildman–Crippen LogP) is 9.02. The number of benzene rings is 3. The molecule has 3 unspecified atom stereocenters. The van der Waals surface area contributed by atoms with Crippen molar-refractivity contribution in [2.24, 2.45) is 5.92 Å². The Bertz CT molecular complexity index is 2790. The van der Waals surface area contributed by atoms with Crippen LogP contribution in [0.1, 0.15) is 158 Å². The first-order valence-electron chi connectivity index (χ1n) is 24.7. The molecule has 2 saturated carbocycles. The topological polar surface area (TPSA) is 250 Å². The van der Waals surface area contributed by atoms with Crippen LogP contribution in [0.4, 0.5) is 0 Å². The van der Waals surface area contributed by atoms with Gasteiger partial charge in [-0.05, 0) is 101 Å². The van der Waals surface area contributed by atoms with Crippen molar-refractivity contribution in [2.45, 2.75) is 90.7 Å². The summed E-state index contributed by atoms with van der Waals surface area (Å²) in [6.07, 6.45) is 3.43. The Hall–Kier alpha value is -7.70. The predicted molar refractivity (Wildman–Crippen MR) is 287 cm³/mol. The van der Waals surface area contributed by atoms with Gasteiger partial charge in [-0.15, -0.1) is 0 Å². The Morgan fingerprint density at radius 3 is 1.33 bits per heavy atom. The minimum absolute atomic E-state index is 0.0170. The Balaban J connectivity index is 0.000000183. The van der Waals surface area contributed by atoms with E-state index >= 15 is 0 Å². The second kappa shape index (κ2) is 26.5. The summed E-state index contributed by atoms with van der Waals surface area (Å²) >= 11 is 11.8. The molecule has 18 nitrogen and oxygen atoms in total. The van der Waals surface area contributed by atoms with Gasteiger partial charge in [0.05, 0.1) is 0 Å². The molecule has 3 aromatic carbocycles. The van der Waals surface area contributed by atoms with Crippen LogP contribution >= 0.6 is 23.2 Å². The smallest absolute Gasteiger partial charge is 0.271 e. The molecule has 6 amide bonds. The van der Waals surface area contributed by atoms with E-state index < -0.39 is 0 Å². The van der Waals surface area contributed by atoms with Crippen LogP contribution in [0.15, 0.2) is 97.1 Å². The van der Waals surface area contributed by atoms with Crippen molar-refractivity contribution in [3.05, 3.63) is 158 Å². The second-order valence-electron chi connectivity index (χ2n) is 18.1. The lowest BCUT2D eigenvalue weighted by Gasteiger charge is -2.19. The molecule has 0 bridgehead atoms. The molecular formula is C55H65Cl2N9O9. The number of carbonyl (C=O) groups excluding carboxylic acids is 6. The van der Waals surface area contributed by atoms with E-state index in [0.717, 1.165) is 42.4 Å². The van der Waals surface area contributed by atoms with Crippen molar-refractivity contribution in [3.8, 4) is 17.2 Å². The van der Waals surface area contributed by atoms with E-state index in [1.54, 1.807) is 43.4 Å². The molecule has 0 saturated heterocycles. The number of aromatic nitrogens is 3. The van der Waals surface area contributed by atoms with Crippen molar-refractivity contribution in [3.63, 3.8) is 0 Å². The number of nitrogens with one attached hydrogen (secondary N) is 9. The van der Waals surface area contributed by atoms with Crippen molar-refractivity contribution < 1.29 is 43.0 Å². The van der Waals surface area contributed by atoms with Crippen LogP contribution in [0, 0.1) is 5.92 Å². The lowest BCUT2D eigenvalue weighted by atomic mass is 10.1. The summed E-state index contributed by atoms with van der Waals surface area (Å²) in [6.45, 7) is 9.81. The highest BCUT2D eigenvalue weighted by Gasteiger charge is 2.36. The number of halogens is 2. The number of H-pyrrole nitrogens is 3. The highest BCUT2D eigenvalue weighted by Crippen LogP contribution is 2.44. The molecule has 0 aliphatic heterocycles. The van der Waals surface area contributed by atoms with E-state index in [9.17, 15) is 28.8 Å². The maximum atomic E-state index is 12.2. The fourth-order valence-electron chi connectivity index (χ4n) is 7.52. The lowest BCUT2D eigenvalue weighted by molar-refractivity contribution is 0.0928. The third kappa shape index (κ3) is 15.9. The molecule has 2 aliphatic rings. The Labute approximate surface area is 446 Å². The van der Waals surface area contributed by atoms with Gasteiger partial charge in [-0.3, -0.25) is 28.8 Å². The van der Waals surface area contributed by atoms with Gasteiger partial charge >= 0.3 is 0 Å². The number of ether oxygens (including phenoxy) is 3. The summed E-state index contributed by atoms with van der Waals surface area (Å²) in [7, 11) is 4.59. The number of rotatable bonds is 19. The Morgan fingerprint density at radius 1 is 0.533 bits per heavy atom. The largest absolute Gasteiger partial charge is 0.484 e. The van der Waals surface area contributed by atoms with Crippen LogP contribution in [0.3, 0.4) is 0 Å². The highest BCUT2D eigenvalue weighted by atomic mass is 35.5. The first-order valence-corrected chi connectivity index (χ1v) is 25.5. The fourth-order valence-corrected chi connectivity index (χ4v) is 7.77. The van der Waals surface area contributed by atoms with Gasteiger partial charge in [0, 0.05) is 73.9 Å². The standard InChI is InChI=1S/C19H23N3O3.C18H20ClN3O3.C18H22ClN3O3/c1-3-21-18(23)14-11-15(16(22-14)19(24)20-2)25-17(13-9-10-13)12-7-5-4-6-8-12;1-10(11-3-5-12(19)6-4-11)25-15-9-14(17(23)21-13-7-8-13)22-16(15)18(24)20-2;1-10(2)21-17(23)14-9-15(16(22-14)18(24)20-4)25-11(3)12-5-7-13(19)8-6-12/h4-8,11,13,17,22H,3,9-10H2,1-2H3,(H,20,24)(H,21,23);3-6,9-10,13,22H,7-8H2,1-2H3,(H,20,24)(H,21,23);5-11,22H,1-4H3,(H,20,24)(H,21,23). The minimum Gasteiger partial charge on any atom is -0.484 e. The van der Waals surface area contributed by atoms with E-state index in [-0.39, 0.29) is 88.6 Å². The molecule has 9 N–H and O–H groups in total. The summed E-state index contributed by atoms with van der Waals surface area (Å²) in [5, 5.41) is 17.3. The SMILES string of the molecule is CCNC(=O)c1cc(OC(c2ccccc2)C2CC2)c(C(=O)NC)[nH]1.CNC(=O)c1[nH]c(C(=O)NC(C)C)cc1OC(C)c1ccc(Cl)cc1.CNC(=O)c1[nH]c(C(=O)NC2CC2)cc1OC(C)c1ccc(Cl)cc1. The van der Waals surface area contributed by atoms with E-state index in [4.69, 9.17) is 37.4 Å². The molecule has 398 valence electrons. The molecule has 2 fully saturated rings. The quantitative estimate of drug-likeness (QED) is 0.0375. The van der Waals surface area contributed by atoms with Gasteiger partial charge in [0.1, 0.15) is 52.5 Å². The summed E-state index contributed by atoms with van der Waals surface area (Å²) in [6, 6.07) is 29.4. The van der Waals surface area contributed by atoms with Gasteiger partial charge in [0.15, 0.2) is 17.2 Å².